The molecule has 1 amide bonds. The van der Waals surface area contributed by atoms with Crippen molar-refractivity contribution in [2.45, 2.75) is 0 Å². The molecule has 1 fully saturated rings. The van der Waals surface area contributed by atoms with E-state index >= 15 is 0 Å². The fourth-order valence-electron chi connectivity index (χ4n) is 1.10. The van der Waals surface area contributed by atoms with E-state index in [0.29, 0.717) is 0 Å². The zero-order valence-corrected chi connectivity index (χ0v) is 7.85. The second-order valence-electron chi connectivity index (χ2n) is 2.72. The second-order valence-corrected chi connectivity index (χ2v) is 3.94. The van der Waals surface area contributed by atoms with Crippen LogP contribution in [0.2, 0.25) is 0 Å². The Morgan fingerprint density at radius 2 is 2.17 bits per heavy atom. The molecule has 3 nitrogen and oxygen atoms in total. The average molecular weight is 186 g/mol. The third-order valence-electron chi connectivity index (χ3n) is 1.75. The van der Waals surface area contributed by atoms with Gasteiger partial charge < -0.3 is 5.73 Å². The number of primary amides is 1. The van der Waals surface area contributed by atoms with E-state index in [2.05, 4.69) is 4.90 Å². The van der Waals surface area contributed by atoms with Crippen LogP contribution < -0.4 is 5.73 Å². The third kappa shape index (κ3) is 3.78. The summed E-state index contributed by atoms with van der Waals surface area (Å²) in [7, 11) is 0. The van der Waals surface area contributed by atoms with Crippen LogP contribution in [0.25, 0.3) is 0 Å². The monoisotopic (exact) mass is 186 g/mol. The summed E-state index contributed by atoms with van der Waals surface area (Å²) in [6.45, 7) is 3.09. The molecule has 1 aliphatic heterocycles. The van der Waals surface area contributed by atoms with Crippen LogP contribution in [-0.2, 0) is 4.79 Å². The van der Waals surface area contributed by atoms with Crippen LogP contribution in [0.5, 0.6) is 0 Å². The van der Waals surface area contributed by atoms with Gasteiger partial charge >= 0.3 is 0 Å². The van der Waals surface area contributed by atoms with Gasteiger partial charge in [0, 0.05) is 31.1 Å². The second kappa shape index (κ2) is 5.22. The molecule has 1 heterocycles. The van der Waals surface area contributed by atoms with Gasteiger partial charge in [-0.2, -0.15) is 11.8 Å². The smallest absolute Gasteiger partial charge is 0.241 e. The van der Waals surface area contributed by atoms with Crippen molar-refractivity contribution in [1.82, 2.24) is 4.90 Å². The van der Waals surface area contributed by atoms with Gasteiger partial charge in [0.15, 0.2) is 0 Å². The first-order valence-electron chi connectivity index (χ1n) is 4.05. The minimum atomic E-state index is -0.360. The maximum absolute atomic E-state index is 10.4. The topological polar surface area (TPSA) is 46.3 Å². The summed E-state index contributed by atoms with van der Waals surface area (Å²) in [5.74, 6) is 2.04. The molecule has 0 radical (unpaired) electrons. The molecule has 0 aromatic rings. The number of rotatable bonds is 3. The number of thioether (sulfide) groups is 1. The lowest BCUT2D eigenvalue weighted by Gasteiger charge is -2.24. The summed E-state index contributed by atoms with van der Waals surface area (Å²) in [5, 5.41) is 0. The van der Waals surface area contributed by atoms with E-state index < -0.39 is 0 Å². The Hall–Kier alpha value is -0.480. The van der Waals surface area contributed by atoms with Gasteiger partial charge in [0.1, 0.15) is 0 Å². The quantitative estimate of drug-likeness (QED) is 0.635. The molecule has 68 valence electrons. The highest BCUT2D eigenvalue weighted by atomic mass is 32.2. The molecule has 0 aromatic heterocycles. The molecule has 0 bridgehead atoms. The third-order valence-corrected chi connectivity index (χ3v) is 2.69. The van der Waals surface area contributed by atoms with Crippen molar-refractivity contribution in [3.63, 3.8) is 0 Å². The van der Waals surface area contributed by atoms with E-state index in [0.717, 1.165) is 19.6 Å². The molecule has 0 spiro atoms. The van der Waals surface area contributed by atoms with Crippen molar-refractivity contribution in [1.29, 1.82) is 0 Å². The Morgan fingerprint density at radius 1 is 1.50 bits per heavy atom. The van der Waals surface area contributed by atoms with Crippen LogP contribution in [0.15, 0.2) is 12.2 Å². The molecule has 0 aliphatic carbocycles. The summed E-state index contributed by atoms with van der Waals surface area (Å²) < 4.78 is 0. The number of carbonyl (C=O) groups excluding carboxylic acids is 1. The molecular weight excluding hydrogens is 172 g/mol. The van der Waals surface area contributed by atoms with E-state index in [9.17, 15) is 4.79 Å². The summed E-state index contributed by atoms with van der Waals surface area (Å²) in [6.07, 6.45) is 3.26. The molecule has 0 unspecified atom stereocenters. The predicted octanol–water partition coefficient (Wildman–Crippen LogP) is 0.0767. The van der Waals surface area contributed by atoms with Gasteiger partial charge in [-0.25, -0.2) is 0 Å². The molecule has 1 rings (SSSR count). The lowest BCUT2D eigenvalue weighted by Crippen LogP contribution is -2.32. The first-order valence-corrected chi connectivity index (χ1v) is 5.20. The minimum absolute atomic E-state index is 0.360. The van der Waals surface area contributed by atoms with Gasteiger partial charge in [0.25, 0.3) is 0 Å². The highest BCUT2D eigenvalue weighted by molar-refractivity contribution is 7.99. The fourth-order valence-corrected chi connectivity index (χ4v) is 2.08. The zero-order chi connectivity index (χ0) is 8.81. The average Bonchev–Trinajstić information content (AvgIpc) is 2.05. The molecule has 0 aromatic carbocycles. The van der Waals surface area contributed by atoms with Crippen molar-refractivity contribution in [3.8, 4) is 0 Å². The summed E-state index contributed by atoms with van der Waals surface area (Å²) in [4.78, 5) is 12.7. The number of nitrogens with zero attached hydrogens (tertiary/aromatic N) is 1. The van der Waals surface area contributed by atoms with Gasteiger partial charge in [0.05, 0.1) is 0 Å². The molecule has 4 heteroatoms. The normalized spacial score (nSPS) is 20.0. The van der Waals surface area contributed by atoms with Crippen LogP contribution in [0.4, 0.5) is 0 Å². The maximum Gasteiger partial charge on any atom is 0.241 e. The predicted molar refractivity (Wildman–Crippen MR) is 52.1 cm³/mol. The molecule has 0 saturated carbocycles. The van der Waals surface area contributed by atoms with Crippen molar-refractivity contribution < 1.29 is 4.79 Å². The Balaban J connectivity index is 2.17. The molecule has 1 aliphatic rings. The first kappa shape index (κ1) is 9.61. The Bertz CT molecular complexity index is 176. The number of hydrogen-bond acceptors (Lipinski definition) is 3. The number of nitrogens with two attached hydrogens (primary N) is 1. The van der Waals surface area contributed by atoms with Gasteiger partial charge in [0.2, 0.25) is 5.91 Å². The van der Waals surface area contributed by atoms with E-state index in [1.807, 2.05) is 17.8 Å². The lowest BCUT2D eigenvalue weighted by molar-refractivity contribution is -0.113. The molecule has 0 atom stereocenters. The van der Waals surface area contributed by atoms with Crippen molar-refractivity contribution in [3.05, 3.63) is 12.2 Å². The Kier molecular flexibility index (Phi) is 4.18. The highest BCUT2D eigenvalue weighted by Gasteiger charge is 2.07. The summed E-state index contributed by atoms with van der Waals surface area (Å²) in [6, 6.07) is 0. The van der Waals surface area contributed by atoms with Crippen molar-refractivity contribution >= 4 is 17.7 Å². The van der Waals surface area contributed by atoms with Crippen molar-refractivity contribution in [2.24, 2.45) is 5.73 Å². The Labute approximate surface area is 77.0 Å². The zero-order valence-electron chi connectivity index (χ0n) is 7.03. The first-order chi connectivity index (χ1) is 5.79. The van der Waals surface area contributed by atoms with E-state index in [1.165, 1.54) is 17.6 Å². The fraction of sp³-hybridized carbons (Fsp3) is 0.625. The minimum Gasteiger partial charge on any atom is -0.366 e. The SMILES string of the molecule is NC(=O)/C=C/CN1CCSCC1. The van der Waals surface area contributed by atoms with Gasteiger partial charge in [-0.05, 0) is 6.08 Å². The number of hydrogen-bond donors (Lipinski definition) is 1. The van der Waals surface area contributed by atoms with Gasteiger partial charge in [-0.15, -0.1) is 0 Å². The van der Waals surface area contributed by atoms with E-state index in [4.69, 9.17) is 5.73 Å². The summed E-state index contributed by atoms with van der Waals surface area (Å²) >= 11 is 1.98. The van der Waals surface area contributed by atoms with Crippen LogP contribution in [0.1, 0.15) is 0 Å². The number of amides is 1. The van der Waals surface area contributed by atoms with E-state index in [1.54, 1.807) is 0 Å². The maximum atomic E-state index is 10.4. The van der Waals surface area contributed by atoms with Crippen LogP contribution in [0, 0.1) is 0 Å². The largest absolute Gasteiger partial charge is 0.366 e. The van der Waals surface area contributed by atoms with Crippen LogP contribution in [0.3, 0.4) is 0 Å². The van der Waals surface area contributed by atoms with Gasteiger partial charge in [-0.1, -0.05) is 6.08 Å². The van der Waals surface area contributed by atoms with Crippen LogP contribution >= 0.6 is 11.8 Å². The summed E-state index contributed by atoms with van der Waals surface area (Å²) in [5.41, 5.74) is 4.96. The van der Waals surface area contributed by atoms with E-state index in [-0.39, 0.29) is 5.91 Å². The molecule has 1 saturated heterocycles. The highest BCUT2D eigenvalue weighted by Crippen LogP contribution is 2.08. The van der Waals surface area contributed by atoms with Crippen LogP contribution in [-0.4, -0.2) is 41.9 Å². The molecule has 2 N–H and O–H groups in total. The molecule has 12 heavy (non-hydrogen) atoms. The standard InChI is InChI=1S/C8H14N2OS/c9-8(11)2-1-3-10-4-6-12-7-5-10/h1-2H,3-7H2,(H2,9,11)/b2-1+. The number of carbonyl (C=O) groups is 1. The Morgan fingerprint density at radius 3 is 2.75 bits per heavy atom. The lowest BCUT2D eigenvalue weighted by atomic mass is 10.4. The van der Waals surface area contributed by atoms with Gasteiger partial charge in [-0.3, -0.25) is 9.69 Å². The molecular formula is C8H14N2OS. The van der Waals surface area contributed by atoms with Crippen molar-refractivity contribution in [2.75, 3.05) is 31.1 Å².